The fourth-order valence-electron chi connectivity index (χ4n) is 2.63. The Kier molecular flexibility index (Phi) is 3.65. The number of aryl methyl sites for hydroxylation is 1. The summed E-state index contributed by atoms with van der Waals surface area (Å²) in [6.45, 7) is 0. The molecule has 6 heteroatoms. The zero-order valence-corrected chi connectivity index (χ0v) is 12.5. The minimum atomic E-state index is -3.42. The van der Waals surface area contributed by atoms with Gasteiger partial charge in [-0.15, -0.1) is 0 Å². The zero-order valence-electron chi connectivity index (χ0n) is 11.7. The third kappa shape index (κ3) is 2.77. The summed E-state index contributed by atoms with van der Waals surface area (Å²) in [7, 11) is -2.01. The molecule has 1 atom stereocenters. The molecule has 0 bridgehead atoms. The molecule has 0 spiro atoms. The quantitative estimate of drug-likeness (QED) is 0.907. The lowest BCUT2D eigenvalue weighted by atomic mass is 10.2. The van der Waals surface area contributed by atoms with E-state index in [-0.39, 0.29) is 10.9 Å². The molecule has 1 aromatic heterocycles. The molecular formula is C15H17N3O2S. The lowest BCUT2D eigenvalue weighted by molar-refractivity contribution is 0.588. The van der Waals surface area contributed by atoms with Gasteiger partial charge in [-0.25, -0.2) is 13.1 Å². The van der Waals surface area contributed by atoms with Crippen LogP contribution >= 0.6 is 0 Å². The first-order valence-electron chi connectivity index (χ1n) is 6.84. The van der Waals surface area contributed by atoms with Crippen LogP contribution in [0.5, 0.6) is 0 Å². The van der Waals surface area contributed by atoms with Gasteiger partial charge in [-0.2, -0.15) is 0 Å². The third-order valence-electron chi connectivity index (χ3n) is 3.71. The molecule has 5 nitrogen and oxygen atoms in total. The van der Waals surface area contributed by atoms with Gasteiger partial charge in [-0.3, -0.25) is 4.98 Å². The maximum absolute atomic E-state index is 11.8. The minimum absolute atomic E-state index is 0.133. The summed E-state index contributed by atoms with van der Waals surface area (Å²) in [4.78, 5) is 4.69. The van der Waals surface area contributed by atoms with Crippen molar-refractivity contribution in [1.29, 1.82) is 0 Å². The molecule has 21 heavy (non-hydrogen) atoms. The van der Waals surface area contributed by atoms with Crippen LogP contribution in [0.25, 0.3) is 0 Å². The first-order chi connectivity index (χ1) is 10.1. The Labute approximate surface area is 124 Å². The number of sulfonamides is 1. The van der Waals surface area contributed by atoms with Crippen molar-refractivity contribution in [3.05, 3.63) is 53.9 Å². The molecule has 0 saturated carbocycles. The van der Waals surface area contributed by atoms with Gasteiger partial charge in [0, 0.05) is 11.9 Å². The van der Waals surface area contributed by atoms with Crippen molar-refractivity contribution >= 4 is 15.7 Å². The molecule has 0 aliphatic heterocycles. The number of nitrogens with one attached hydrogen (secondary N) is 2. The van der Waals surface area contributed by atoms with Gasteiger partial charge in [0.25, 0.3) is 0 Å². The fraction of sp³-hybridized carbons (Fsp3) is 0.267. The van der Waals surface area contributed by atoms with E-state index >= 15 is 0 Å². The van der Waals surface area contributed by atoms with E-state index < -0.39 is 10.0 Å². The van der Waals surface area contributed by atoms with Crippen LogP contribution in [0.3, 0.4) is 0 Å². The van der Waals surface area contributed by atoms with Gasteiger partial charge in [0.05, 0.1) is 16.6 Å². The topological polar surface area (TPSA) is 71.1 Å². The first-order valence-corrected chi connectivity index (χ1v) is 8.32. The van der Waals surface area contributed by atoms with E-state index in [4.69, 9.17) is 0 Å². The lowest BCUT2D eigenvalue weighted by Crippen LogP contribution is -2.18. The van der Waals surface area contributed by atoms with Crippen molar-refractivity contribution in [2.75, 3.05) is 12.4 Å². The van der Waals surface area contributed by atoms with Crippen molar-refractivity contribution in [3.63, 3.8) is 0 Å². The second kappa shape index (κ2) is 5.46. The van der Waals surface area contributed by atoms with Gasteiger partial charge in [-0.05, 0) is 49.7 Å². The van der Waals surface area contributed by atoms with Crippen LogP contribution in [-0.4, -0.2) is 20.4 Å². The van der Waals surface area contributed by atoms with Crippen LogP contribution < -0.4 is 10.0 Å². The second-order valence-electron chi connectivity index (χ2n) is 5.02. The van der Waals surface area contributed by atoms with Crippen molar-refractivity contribution in [1.82, 2.24) is 9.71 Å². The number of hydrogen-bond acceptors (Lipinski definition) is 4. The van der Waals surface area contributed by atoms with Crippen molar-refractivity contribution in [2.24, 2.45) is 0 Å². The Balaban J connectivity index is 1.86. The van der Waals surface area contributed by atoms with Crippen molar-refractivity contribution < 1.29 is 8.42 Å². The predicted molar refractivity (Wildman–Crippen MR) is 81.6 cm³/mol. The smallest absolute Gasteiger partial charge is 0.240 e. The third-order valence-corrected chi connectivity index (χ3v) is 5.12. The minimum Gasteiger partial charge on any atom is -0.377 e. The summed E-state index contributed by atoms with van der Waals surface area (Å²) >= 11 is 0. The molecule has 0 saturated heterocycles. The van der Waals surface area contributed by atoms with Gasteiger partial charge in [0.15, 0.2) is 0 Å². The number of benzene rings is 1. The lowest BCUT2D eigenvalue weighted by Gasteiger charge is -2.15. The molecule has 2 N–H and O–H groups in total. The van der Waals surface area contributed by atoms with Gasteiger partial charge in [-0.1, -0.05) is 12.1 Å². The molecule has 0 amide bonds. The number of fused-ring (bicyclic) bond motifs is 1. The summed E-state index contributed by atoms with van der Waals surface area (Å²) in [5.41, 5.74) is 3.10. The number of aromatic nitrogens is 1. The summed E-state index contributed by atoms with van der Waals surface area (Å²) in [5, 5.41) is 3.38. The Morgan fingerprint density at radius 1 is 1.24 bits per heavy atom. The molecular weight excluding hydrogens is 286 g/mol. The highest BCUT2D eigenvalue weighted by Gasteiger charge is 2.23. The SMILES string of the molecule is CNS(=O)(=O)c1cccc(NC2CCc3cccnc32)c1. The highest BCUT2D eigenvalue weighted by molar-refractivity contribution is 7.89. The fourth-order valence-corrected chi connectivity index (χ4v) is 3.40. The summed E-state index contributed by atoms with van der Waals surface area (Å²) in [5.74, 6) is 0. The molecule has 3 rings (SSSR count). The van der Waals surface area contributed by atoms with Crippen LogP contribution in [0.15, 0.2) is 47.5 Å². The molecule has 0 radical (unpaired) electrons. The van der Waals surface area contributed by atoms with E-state index in [0.717, 1.165) is 24.2 Å². The average molecular weight is 303 g/mol. The predicted octanol–water partition coefficient (Wildman–Crippen LogP) is 2.09. The second-order valence-corrected chi connectivity index (χ2v) is 6.91. The maximum Gasteiger partial charge on any atom is 0.240 e. The number of pyridine rings is 1. The van der Waals surface area contributed by atoms with Crippen molar-refractivity contribution in [3.8, 4) is 0 Å². The zero-order chi connectivity index (χ0) is 14.9. The van der Waals surface area contributed by atoms with Gasteiger partial charge in [0.1, 0.15) is 0 Å². The molecule has 1 aromatic carbocycles. The van der Waals surface area contributed by atoms with E-state index in [9.17, 15) is 8.42 Å². The molecule has 0 fully saturated rings. The summed E-state index contributed by atoms with van der Waals surface area (Å²) in [6.07, 6.45) is 3.76. The summed E-state index contributed by atoms with van der Waals surface area (Å²) in [6, 6.07) is 11.0. The molecule has 2 aromatic rings. The number of nitrogens with zero attached hydrogens (tertiary/aromatic N) is 1. The Morgan fingerprint density at radius 3 is 2.90 bits per heavy atom. The standard InChI is InChI=1S/C15H17N3O2S/c1-16-21(19,20)13-6-2-5-12(10-13)18-14-8-7-11-4-3-9-17-15(11)14/h2-6,9-10,14,16,18H,7-8H2,1H3. The largest absolute Gasteiger partial charge is 0.377 e. The molecule has 1 unspecified atom stereocenters. The van der Waals surface area contributed by atoms with Crippen molar-refractivity contribution in [2.45, 2.75) is 23.8 Å². The van der Waals surface area contributed by atoms with Gasteiger partial charge in [0.2, 0.25) is 10.0 Å². The van der Waals surface area contributed by atoms with E-state index in [0.29, 0.717) is 0 Å². The van der Waals surface area contributed by atoms with Gasteiger partial charge < -0.3 is 5.32 Å². The number of hydrogen-bond donors (Lipinski definition) is 2. The molecule has 1 aliphatic carbocycles. The number of rotatable bonds is 4. The Morgan fingerprint density at radius 2 is 2.10 bits per heavy atom. The molecule has 1 aliphatic rings. The number of anilines is 1. The highest BCUT2D eigenvalue weighted by atomic mass is 32.2. The highest BCUT2D eigenvalue weighted by Crippen LogP contribution is 2.32. The summed E-state index contributed by atoms with van der Waals surface area (Å²) < 4.78 is 26.0. The monoisotopic (exact) mass is 303 g/mol. The van der Waals surface area contributed by atoms with E-state index in [1.54, 1.807) is 24.4 Å². The average Bonchev–Trinajstić information content (AvgIpc) is 2.91. The Hall–Kier alpha value is -1.92. The van der Waals surface area contributed by atoms with Crippen LogP contribution in [0.1, 0.15) is 23.7 Å². The van der Waals surface area contributed by atoms with Crippen LogP contribution in [0.4, 0.5) is 5.69 Å². The first kappa shape index (κ1) is 14.0. The maximum atomic E-state index is 11.8. The van der Waals surface area contributed by atoms with E-state index in [2.05, 4.69) is 21.1 Å². The molecule has 110 valence electrons. The normalized spacial score (nSPS) is 17.5. The Bertz CT molecular complexity index is 759. The van der Waals surface area contributed by atoms with Gasteiger partial charge >= 0.3 is 0 Å². The molecule has 1 heterocycles. The van der Waals surface area contributed by atoms with Crippen LogP contribution in [0.2, 0.25) is 0 Å². The van der Waals surface area contributed by atoms with Crippen LogP contribution in [0, 0.1) is 0 Å². The van der Waals surface area contributed by atoms with E-state index in [1.807, 2.05) is 12.1 Å². The van der Waals surface area contributed by atoms with E-state index in [1.165, 1.54) is 12.6 Å². The van der Waals surface area contributed by atoms with Crippen LogP contribution in [-0.2, 0) is 16.4 Å².